The second kappa shape index (κ2) is 7.12. The highest BCUT2D eigenvalue weighted by Gasteiger charge is 2.49. The first-order chi connectivity index (χ1) is 12.2. The smallest absolute Gasteiger partial charge is 0.289 e. The summed E-state index contributed by atoms with van der Waals surface area (Å²) in [5, 5.41) is 0. The summed E-state index contributed by atoms with van der Waals surface area (Å²) in [6, 6.07) is 3.55. The Hall–Kier alpha value is -1.33. The molecule has 1 atom stereocenters. The Kier molecular flexibility index (Phi) is 4.87. The van der Waals surface area contributed by atoms with Crippen LogP contribution >= 0.6 is 0 Å². The van der Waals surface area contributed by atoms with E-state index in [0.29, 0.717) is 11.7 Å². The predicted molar refractivity (Wildman–Crippen MR) is 95.4 cm³/mol. The van der Waals surface area contributed by atoms with Gasteiger partial charge in [0.05, 0.1) is 12.9 Å². The zero-order valence-electron chi connectivity index (χ0n) is 15.3. The van der Waals surface area contributed by atoms with Crippen LogP contribution in [-0.4, -0.2) is 62.1 Å². The van der Waals surface area contributed by atoms with Crippen molar-refractivity contribution < 1.29 is 13.9 Å². The van der Waals surface area contributed by atoms with E-state index in [1.54, 1.807) is 25.5 Å². The quantitative estimate of drug-likeness (QED) is 0.822. The summed E-state index contributed by atoms with van der Waals surface area (Å²) in [6.45, 7) is 5.98. The summed E-state index contributed by atoms with van der Waals surface area (Å²) in [5.74, 6) is 1.85. The number of rotatable bonds is 5. The molecule has 5 nitrogen and oxygen atoms in total. The SMILES string of the molecule is COCC1CN(C(=O)c2ccco2)CC12CCN(CC1CCC1)CC2. The van der Waals surface area contributed by atoms with E-state index < -0.39 is 0 Å². The van der Waals surface area contributed by atoms with Gasteiger partial charge >= 0.3 is 0 Å². The molecule has 138 valence electrons. The average Bonchev–Trinajstić information content (AvgIpc) is 3.22. The van der Waals surface area contributed by atoms with E-state index in [1.807, 2.05) is 4.90 Å². The number of hydrogen-bond donors (Lipinski definition) is 0. The molecular formula is C20H30N2O3. The first-order valence-electron chi connectivity index (χ1n) is 9.74. The van der Waals surface area contributed by atoms with E-state index in [-0.39, 0.29) is 11.3 Å². The Bertz CT molecular complexity index is 574. The zero-order valence-corrected chi connectivity index (χ0v) is 15.3. The molecule has 0 radical (unpaired) electrons. The molecule has 3 heterocycles. The highest BCUT2D eigenvalue weighted by atomic mass is 16.5. The van der Waals surface area contributed by atoms with Gasteiger partial charge in [0.15, 0.2) is 5.76 Å². The van der Waals surface area contributed by atoms with Gasteiger partial charge in [0.25, 0.3) is 5.91 Å². The van der Waals surface area contributed by atoms with Crippen LogP contribution in [0.25, 0.3) is 0 Å². The summed E-state index contributed by atoms with van der Waals surface area (Å²) in [7, 11) is 1.77. The van der Waals surface area contributed by atoms with Gasteiger partial charge in [0.2, 0.25) is 0 Å². The van der Waals surface area contributed by atoms with Gasteiger partial charge in [0, 0.05) is 32.7 Å². The third-order valence-corrected chi connectivity index (χ3v) is 6.79. The molecule has 1 saturated carbocycles. The minimum absolute atomic E-state index is 0.0277. The number of carbonyl (C=O) groups is 1. The molecule has 4 rings (SSSR count). The highest BCUT2D eigenvalue weighted by molar-refractivity contribution is 5.91. The molecule has 25 heavy (non-hydrogen) atoms. The summed E-state index contributed by atoms with van der Waals surface area (Å²) in [4.78, 5) is 17.4. The van der Waals surface area contributed by atoms with Gasteiger partial charge in [-0.1, -0.05) is 6.42 Å². The van der Waals surface area contributed by atoms with E-state index in [1.165, 1.54) is 51.7 Å². The molecule has 1 amide bonds. The van der Waals surface area contributed by atoms with Crippen LogP contribution in [0.3, 0.4) is 0 Å². The molecule has 0 aromatic carbocycles. The van der Waals surface area contributed by atoms with Crippen molar-refractivity contribution >= 4 is 5.91 Å². The minimum Gasteiger partial charge on any atom is -0.459 e. The molecule has 1 aromatic heterocycles. The number of ether oxygens (including phenoxy) is 1. The lowest BCUT2D eigenvalue weighted by atomic mass is 9.71. The molecule has 0 N–H and O–H groups in total. The maximum Gasteiger partial charge on any atom is 0.289 e. The third kappa shape index (κ3) is 3.36. The molecule has 1 aromatic rings. The van der Waals surface area contributed by atoms with Crippen molar-refractivity contribution in [2.24, 2.45) is 17.3 Å². The van der Waals surface area contributed by atoms with Crippen LogP contribution in [0.4, 0.5) is 0 Å². The van der Waals surface area contributed by atoms with Crippen molar-refractivity contribution in [3.63, 3.8) is 0 Å². The minimum atomic E-state index is 0.0277. The lowest BCUT2D eigenvalue weighted by Crippen LogP contribution is -2.47. The number of hydrogen-bond acceptors (Lipinski definition) is 4. The van der Waals surface area contributed by atoms with Crippen LogP contribution in [0, 0.1) is 17.3 Å². The summed E-state index contributed by atoms with van der Waals surface area (Å²) < 4.78 is 10.8. The fourth-order valence-electron chi connectivity index (χ4n) is 4.96. The lowest BCUT2D eigenvalue weighted by Gasteiger charge is -2.44. The Balaban J connectivity index is 1.41. The first kappa shape index (κ1) is 17.1. The molecule has 2 saturated heterocycles. The van der Waals surface area contributed by atoms with Gasteiger partial charge in [-0.15, -0.1) is 0 Å². The van der Waals surface area contributed by atoms with Gasteiger partial charge in [-0.3, -0.25) is 4.79 Å². The number of amides is 1. The fraction of sp³-hybridized carbons (Fsp3) is 0.750. The van der Waals surface area contributed by atoms with Crippen molar-refractivity contribution in [1.29, 1.82) is 0 Å². The number of piperidine rings is 1. The second-order valence-corrected chi connectivity index (χ2v) is 8.28. The van der Waals surface area contributed by atoms with Crippen LogP contribution in [0.1, 0.15) is 42.7 Å². The topological polar surface area (TPSA) is 45.9 Å². The predicted octanol–water partition coefficient (Wildman–Crippen LogP) is 2.88. The van der Waals surface area contributed by atoms with Crippen LogP contribution in [0.2, 0.25) is 0 Å². The van der Waals surface area contributed by atoms with Gasteiger partial charge in [-0.25, -0.2) is 0 Å². The van der Waals surface area contributed by atoms with E-state index in [4.69, 9.17) is 9.15 Å². The Labute approximate surface area is 150 Å². The normalized spacial score (nSPS) is 26.9. The monoisotopic (exact) mass is 346 g/mol. The number of methoxy groups -OCH3 is 1. The Morgan fingerprint density at radius 2 is 2.16 bits per heavy atom. The number of nitrogens with zero attached hydrogens (tertiary/aromatic N) is 2. The van der Waals surface area contributed by atoms with Crippen LogP contribution in [-0.2, 0) is 4.74 Å². The van der Waals surface area contributed by atoms with Gasteiger partial charge in [-0.05, 0) is 62.2 Å². The molecule has 3 aliphatic rings. The molecule has 0 bridgehead atoms. The van der Waals surface area contributed by atoms with Crippen molar-refractivity contribution in [1.82, 2.24) is 9.80 Å². The molecule has 1 spiro atoms. The number of likely N-dealkylation sites (tertiary alicyclic amines) is 2. The Morgan fingerprint density at radius 1 is 1.36 bits per heavy atom. The van der Waals surface area contributed by atoms with E-state index in [0.717, 1.165) is 25.6 Å². The molecule has 2 aliphatic heterocycles. The zero-order chi connectivity index (χ0) is 17.3. The van der Waals surface area contributed by atoms with Crippen molar-refractivity contribution in [3.05, 3.63) is 24.2 Å². The summed E-state index contributed by atoms with van der Waals surface area (Å²) in [6.07, 6.45) is 8.18. The van der Waals surface area contributed by atoms with E-state index in [2.05, 4.69) is 4.90 Å². The molecule has 1 aliphatic carbocycles. The van der Waals surface area contributed by atoms with Gasteiger partial charge in [-0.2, -0.15) is 0 Å². The third-order valence-electron chi connectivity index (χ3n) is 6.79. The number of furan rings is 1. The highest BCUT2D eigenvalue weighted by Crippen LogP contribution is 2.45. The average molecular weight is 346 g/mol. The number of carbonyl (C=O) groups excluding carboxylic acids is 1. The largest absolute Gasteiger partial charge is 0.459 e. The van der Waals surface area contributed by atoms with Crippen LogP contribution < -0.4 is 0 Å². The lowest BCUT2D eigenvalue weighted by molar-refractivity contribution is 0.0279. The van der Waals surface area contributed by atoms with Gasteiger partial charge < -0.3 is 19.0 Å². The molecule has 3 fully saturated rings. The maximum atomic E-state index is 12.7. The van der Waals surface area contributed by atoms with Gasteiger partial charge in [0.1, 0.15) is 0 Å². The summed E-state index contributed by atoms with van der Waals surface area (Å²) >= 11 is 0. The molecule has 1 unspecified atom stereocenters. The standard InChI is InChI=1S/C20H30N2O3/c1-24-14-17-13-22(19(23)18-6-3-11-25-18)15-20(17)7-9-21(10-8-20)12-16-4-2-5-16/h3,6,11,16-17H,2,4-5,7-10,12-15H2,1H3. The van der Waals surface area contributed by atoms with E-state index >= 15 is 0 Å². The maximum absolute atomic E-state index is 12.7. The van der Waals surface area contributed by atoms with Crippen LogP contribution in [0.5, 0.6) is 0 Å². The van der Waals surface area contributed by atoms with Crippen molar-refractivity contribution in [2.75, 3.05) is 46.4 Å². The van der Waals surface area contributed by atoms with Crippen molar-refractivity contribution in [3.8, 4) is 0 Å². The first-order valence-corrected chi connectivity index (χ1v) is 9.74. The fourth-order valence-corrected chi connectivity index (χ4v) is 4.96. The van der Waals surface area contributed by atoms with Crippen molar-refractivity contribution in [2.45, 2.75) is 32.1 Å². The summed E-state index contributed by atoms with van der Waals surface area (Å²) in [5.41, 5.74) is 0.217. The second-order valence-electron chi connectivity index (χ2n) is 8.28. The van der Waals surface area contributed by atoms with Crippen LogP contribution in [0.15, 0.2) is 22.8 Å². The molecule has 5 heteroatoms. The van der Waals surface area contributed by atoms with E-state index in [9.17, 15) is 4.79 Å². The molecular weight excluding hydrogens is 316 g/mol. The Morgan fingerprint density at radius 3 is 2.76 bits per heavy atom.